The fourth-order valence-corrected chi connectivity index (χ4v) is 3.29. The van der Waals surface area contributed by atoms with Crippen LogP contribution in [0.15, 0.2) is 6.20 Å². The zero-order chi connectivity index (χ0) is 14.6. The molecule has 3 heterocycles. The van der Waals surface area contributed by atoms with Gasteiger partial charge in [-0.2, -0.15) is 4.98 Å². The lowest BCUT2D eigenvalue weighted by Crippen LogP contribution is -2.62. The van der Waals surface area contributed by atoms with Gasteiger partial charge in [0.05, 0.1) is 18.9 Å². The van der Waals surface area contributed by atoms with Crippen LogP contribution in [0.25, 0.3) is 0 Å². The highest BCUT2D eigenvalue weighted by Crippen LogP contribution is 2.40. The summed E-state index contributed by atoms with van der Waals surface area (Å²) in [6.07, 6.45) is 3.90. The maximum atomic E-state index is 12.9. The predicted molar refractivity (Wildman–Crippen MR) is 78.7 cm³/mol. The third kappa shape index (κ3) is 2.17. The summed E-state index contributed by atoms with van der Waals surface area (Å²) in [4.78, 5) is 25.2. The minimum atomic E-state index is -0.309. The number of carbonyl (C=O) groups is 1. The van der Waals surface area contributed by atoms with E-state index in [2.05, 4.69) is 9.97 Å². The van der Waals surface area contributed by atoms with Crippen LogP contribution in [0.2, 0.25) is 5.28 Å². The van der Waals surface area contributed by atoms with Crippen molar-refractivity contribution in [2.45, 2.75) is 31.9 Å². The highest BCUT2D eigenvalue weighted by Gasteiger charge is 2.45. The van der Waals surface area contributed by atoms with E-state index in [4.69, 9.17) is 16.3 Å². The number of carbonyl (C=O) groups excluding carboxylic acids is 1. The van der Waals surface area contributed by atoms with Crippen LogP contribution in [-0.2, 0) is 9.53 Å². The Morgan fingerprint density at radius 3 is 3.05 bits per heavy atom. The van der Waals surface area contributed by atoms with Gasteiger partial charge in [0, 0.05) is 13.1 Å². The van der Waals surface area contributed by atoms with Gasteiger partial charge in [0.1, 0.15) is 11.7 Å². The average Bonchev–Trinajstić information content (AvgIpc) is 3.27. The fraction of sp³-hybridized carbons (Fsp3) is 0.643. The monoisotopic (exact) mass is 308 g/mol. The number of rotatable bonds is 2. The first-order chi connectivity index (χ1) is 10.1. The number of nitrogens with zero attached hydrogens (tertiary/aromatic N) is 4. The van der Waals surface area contributed by atoms with Gasteiger partial charge in [0.15, 0.2) is 5.82 Å². The lowest BCUT2D eigenvalue weighted by Gasteiger charge is -2.46. The van der Waals surface area contributed by atoms with Gasteiger partial charge < -0.3 is 14.5 Å². The van der Waals surface area contributed by atoms with Crippen LogP contribution in [0, 0.1) is 5.92 Å². The van der Waals surface area contributed by atoms with Gasteiger partial charge in [0.2, 0.25) is 5.28 Å². The topological polar surface area (TPSA) is 58.6 Å². The summed E-state index contributed by atoms with van der Waals surface area (Å²) in [6, 6.07) is -0.309. The molecule has 1 aliphatic carbocycles. The summed E-state index contributed by atoms with van der Waals surface area (Å²) in [7, 11) is 0. The van der Waals surface area contributed by atoms with Crippen LogP contribution in [0.5, 0.6) is 0 Å². The summed E-state index contributed by atoms with van der Waals surface area (Å²) in [6.45, 7) is 3.93. The van der Waals surface area contributed by atoms with Crippen molar-refractivity contribution in [1.82, 2.24) is 9.97 Å². The Labute approximate surface area is 128 Å². The van der Waals surface area contributed by atoms with Crippen LogP contribution >= 0.6 is 11.6 Å². The number of hydrogen-bond donors (Lipinski definition) is 0. The Kier molecular flexibility index (Phi) is 3.04. The summed E-state index contributed by atoms with van der Waals surface area (Å²) in [5.41, 5.74) is 0.779. The maximum Gasteiger partial charge on any atom is 0.252 e. The Hall–Kier alpha value is -1.40. The molecule has 0 radical (unpaired) electrons. The zero-order valence-corrected chi connectivity index (χ0v) is 12.6. The quantitative estimate of drug-likeness (QED) is 0.775. The minimum Gasteiger partial charge on any atom is -0.374 e. The molecule has 0 spiro atoms. The summed E-state index contributed by atoms with van der Waals surface area (Å²) >= 11 is 5.96. The number of hydrogen-bond acceptors (Lipinski definition) is 5. The molecule has 1 saturated carbocycles. The lowest BCUT2D eigenvalue weighted by molar-refractivity contribution is -0.125. The largest absolute Gasteiger partial charge is 0.374 e. The molecule has 0 bridgehead atoms. The van der Waals surface area contributed by atoms with Crippen molar-refractivity contribution in [1.29, 1.82) is 0 Å². The van der Waals surface area contributed by atoms with E-state index in [0.29, 0.717) is 19.1 Å². The molecule has 6 nitrogen and oxygen atoms in total. The molecule has 21 heavy (non-hydrogen) atoms. The molecule has 7 heteroatoms. The van der Waals surface area contributed by atoms with Gasteiger partial charge in [-0.3, -0.25) is 4.79 Å². The zero-order valence-electron chi connectivity index (χ0n) is 11.8. The molecule has 112 valence electrons. The van der Waals surface area contributed by atoms with Crippen molar-refractivity contribution in [2.75, 3.05) is 29.5 Å². The molecular weight excluding hydrogens is 292 g/mol. The van der Waals surface area contributed by atoms with E-state index in [-0.39, 0.29) is 23.3 Å². The third-order valence-corrected chi connectivity index (χ3v) is 4.62. The van der Waals surface area contributed by atoms with Crippen molar-refractivity contribution >= 4 is 29.0 Å². The highest BCUT2D eigenvalue weighted by molar-refractivity contribution is 6.28. The first-order valence-corrected chi connectivity index (χ1v) is 7.75. The minimum absolute atomic E-state index is 0.0903. The predicted octanol–water partition coefficient (Wildman–Crippen LogP) is 1.48. The number of aromatic nitrogens is 2. The molecule has 0 unspecified atom stereocenters. The second-order valence-electron chi connectivity index (χ2n) is 5.95. The number of ether oxygens (including phenoxy) is 1. The second-order valence-corrected chi connectivity index (χ2v) is 6.29. The van der Waals surface area contributed by atoms with E-state index in [0.717, 1.165) is 18.1 Å². The van der Waals surface area contributed by atoms with Crippen molar-refractivity contribution < 1.29 is 9.53 Å². The fourth-order valence-electron chi connectivity index (χ4n) is 3.17. The number of morpholine rings is 1. The smallest absolute Gasteiger partial charge is 0.252 e. The van der Waals surface area contributed by atoms with Crippen molar-refractivity contribution in [3.8, 4) is 0 Å². The summed E-state index contributed by atoms with van der Waals surface area (Å²) in [5.74, 6) is 1.45. The number of amides is 1. The van der Waals surface area contributed by atoms with Gasteiger partial charge in [-0.1, -0.05) is 0 Å². The molecular formula is C14H17ClN4O2. The molecule has 1 amide bonds. The van der Waals surface area contributed by atoms with Gasteiger partial charge >= 0.3 is 0 Å². The molecule has 2 atom stereocenters. The van der Waals surface area contributed by atoms with E-state index in [1.807, 2.05) is 16.7 Å². The molecule has 2 fully saturated rings. The summed E-state index contributed by atoms with van der Waals surface area (Å²) < 4.78 is 5.67. The molecule has 3 aliphatic rings. The summed E-state index contributed by atoms with van der Waals surface area (Å²) in [5, 5.41) is 0.215. The molecule has 1 saturated heterocycles. The van der Waals surface area contributed by atoms with E-state index in [9.17, 15) is 4.79 Å². The standard InChI is InChI=1S/C14H17ClN4O2/c1-8-11-13(20)19(7-9-2-3-9)10-6-16-14(15)17-12(10)18(11)4-5-21-8/h6,8-9,11H,2-5,7H2,1H3/t8-,11+/m0/s1. The van der Waals surface area contributed by atoms with Crippen LogP contribution in [-0.4, -0.2) is 47.7 Å². The third-order valence-electron chi connectivity index (χ3n) is 4.43. The van der Waals surface area contributed by atoms with Gasteiger partial charge in [0.25, 0.3) is 5.91 Å². The van der Waals surface area contributed by atoms with Crippen LogP contribution in [0.3, 0.4) is 0 Å². The molecule has 0 N–H and O–H groups in total. The Morgan fingerprint density at radius 2 is 2.29 bits per heavy atom. The first kappa shape index (κ1) is 13.3. The van der Waals surface area contributed by atoms with E-state index in [1.54, 1.807) is 6.20 Å². The van der Waals surface area contributed by atoms with Crippen LogP contribution in [0.1, 0.15) is 19.8 Å². The Balaban J connectivity index is 1.80. The van der Waals surface area contributed by atoms with E-state index >= 15 is 0 Å². The number of fused-ring (bicyclic) bond motifs is 3. The van der Waals surface area contributed by atoms with E-state index < -0.39 is 0 Å². The van der Waals surface area contributed by atoms with Crippen LogP contribution in [0.4, 0.5) is 11.5 Å². The average molecular weight is 309 g/mol. The number of halogens is 1. The Morgan fingerprint density at radius 1 is 1.48 bits per heavy atom. The van der Waals surface area contributed by atoms with E-state index in [1.165, 1.54) is 12.8 Å². The van der Waals surface area contributed by atoms with Crippen LogP contribution < -0.4 is 9.80 Å². The second kappa shape index (κ2) is 4.81. The number of anilines is 2. The van der Waals surface area contributed by atoms with Crippen molar-refractivity contribution in [2.24, 2.45) is 5.92 Å². The molecule has 4 rings (SSSR count). The van der Waals surface area contributed by atoms with Crippen molar-refractivity contribution in [3.63, 3.8) is 0 Å². The SMILES string of the molecule is C[C@@H]1OCCN2c3nc(Cl)ncc3N(CC3CC3)C(=O)[C@@H]12. The maximum absolute atomic E-state index is 12.9. The van der Waals surface area contributed by atoms with Gasteiger partial charge in [-0.25, -0.2) is 4.98 Å². The normalized spacial score (nSPS) is 28.4. The van der Waals surface area contributed by atoms with Gasteiger partial charge in [-0.05, 0) is 37.3 Å². The first-order valence-electron chi connectivity index (χ1n) is 7.37. The van der Waals surface area contributed by atoms with Gasteiger partial charge in [-0.15, -0.1) is 0 Å². The highest BCUT2D eigenvalue weighted by atomic mass is 35.5. The molecule has 0 aromatic carbocycles. The Bertz CT molecular complexity index is 592. The lowest BCUT2D eigenvalue weighted by atomic mass is 10.0. The van der Waals surface area contributed by atoms with Crippen molar-refractivity contribution in [3.05, 3.63) is 11.5 Å². The molecule has 2 aliphatic heterocycles. The molecule has 1 aromatic heterocycles. The molecule has 1 aromatic rings.